The van der Waals surface area contributed by atoms with Gasteiger partial charge in [0.1, 0.15) is 18.1 Å². The number of nitrogens with zero attached hydrogens (tertiary/aromatic N) is 4. The zero-order chi connectivity index (χ0) is 20.1. The highest BCUT2D eigenvalue weighted by Crippen LogP contribution is 2.44. The number of alkyl halides is 3. The van der Waals surface area contributed by atoms with Crippen LogP contribution in [0.25, 0.3) is 11.2 Å². The number of aromatic nitrogens is 4. The number of rotatable bonds is 4. The Morgan fingerprint density at radius 3 is 2.61 bits per heavy atom. The Hall–Kier alpha value is -2.18. The summed E-state index contributed by atoms with van der Waals surface area (Å²) >= 11 is 0. The van der Waals surface area contributed by atoms with Crippen LogP contribution in [-0.2, 0) is 4.74 Å². The second-order valence-corrected chi connectivity index (χ2v) is 7.05. The van der Waals surface area contributed by atoms with Crippen molar-refractivity contribution in [3.05, 3.63) is 6.33 Å². The number of aliphatic hydroxyl groups excluding tert-OH is 2. The van der Waals surface area contributed by atoms with Crippen molar-refractivity contribution in [1.82, 2.24) is 19.5 Å². The Bertz CT molecular complexity index is 855. The minimum Gasteiger partial charge on any atom is -0.460 e. The van der Waals surface area contributed by atoms with Gasteiger partial charge in [-0.25, -0.2) is 4.98 Å². The maximum atomic E-state index is 13.3. The zero-order valence-electron chi connectivity index (χ0n) is 14.7. The minimum absolute atomic E-state index is 0.00258. The molecule has 0 spiro atoms. The third-order valence-electron chi connectivity index (χ3n) is 5.21. The molecular formula is C16H20F3N5O4. The maximum Gasteiger partial charge on any atom is 0.397 e. The molecule has 1 aliphatic heterocycles. The number of hydrogen-bond donors (Lipinski definition) is 3. The molecule has 0 amide bonds. The summed E-state index contributed by atoms with van der Waals surface area (Å²) in [5.74, 6) is -2.23. The van der Waals surface area contributed by atoms with Crippen LogP contribution >= 0.6 is 0 Å². The summed E-state index contributed by atoms with van der Waals surface area (Å²) in [4.78, 5) is 12.3. The van der Waals surface area contributed by atoms with Crippen LogP contribution in [0.5, 0.6) is 6.01 Å². The first kappa shape index (κ1) is 19.2. The summed E-state index contributed by atoms with van der Waals surface area (Å²) in [6.45, 7) is -0.891. The topological polar surface area (TPSA) is 129 Å². The molecule has 3 heterocycles. The molecule has 2 aliphatic rings. The second kappa shape index (κ2) is 7.01. The van der Waals surface area contributed by atoms with Crippen LogP contribution in [0.4, 0.5) is 19.0 Å². The van der Waals surface area contributed by atoms with Gasteiger partial charge in [0.15, 0.2) is 23.2 Å². The minimum atomic E-state index is -4.75. The van der Waals surface area contributed by atoms with E-state index in [1.54, 1.807) is 0 Å². The molecule has 2 fully saturated rings. The van der Waals surface area contributed by atoms with Crippen molar-refractivity contribution in [2.24, 2.45) is 5.92 Å². The molecular weight excluding hydrogens is 383 g/mol. The predicted molar refractivity (Wildman–Crippen MR) is 89.2 cm³/mol. The highest BCUT2D eigenvalue weighted by atomic mass is 19.4. The number of imidazole rings is 1. The fraction of sp³-hybridized carbons (Fsp3) is 0.688. The monoisotopic (exact) mass is 403 g/mol. The Kier molecular flexibility index (Phi) is 4.79. The third-order valence-corrected chi connectivity index (χ3v) is 5.21. The van der Waals surface area contributed by atoms with Crippen LogP contribution in [0.2, 0.25) is 0 Å². The van der Waals surface area contributed by atoms with Crippen molar-refractivity contribution in [2.75, 3.05) is 12.3 Å². The number of aliphatic hydroxyl groups is 2. The summed E-state index contributed by atoms with van der Waals surface area (Å²) in [6, 6.07) is -0.00258. The van der Waals surface area contributed by atoms with Gasteiger partial charge in [0.2, 0.25) is 0 Å². The lowest BCUT2D eigenvalue weighted by atomic mass is 9.98. The number of anilines is 1. The van der Waals surface area contributed by atoms with Crippen LogP contribution in [-0.4, -0.2) is 60.8 Å². The molecule has 2 aromatic heterocycles. The molecule has 1 saturated heterocycles. The number of ether oxygens (including phenoxy) is 2. The average Bonchev–Trinajstić information content (AvgIpc) is 3.32. The van der Waals surface area contributed by atoms with Gasteiger partial charge in [-0.1, -0.05) is 0 Å². The fourth-order valence-electron chi connectivity index (χ4n) is 3.84. The van der Waals surface area contributed by atoms with E-state index in [1.807, 2.05) is 0 Å². The number of nitrogen functional groups attached to an aromatic ring is 1. The van der Waals surface area contributed by atoms with Crippen LogP contribution in [0, 0.1) is 5.92 Å². The van der Waals surface area contributed by atoms with Gasteiger partial charge in [0.25, 0.3) is 0 Å². The van der Waals surface area contributed by atoms with Crippen LogP contribution < -0.4 is 10.5 Å². The van der Waals surface area contributed by atoms with E-state index in [0.29, 0.717) is 0 Å². The molecule has 0 radical (unpaired) electrons. The van der Waals surface area contributed by atoms with Gasteiger partial charge in [-0.3, -0.25) is 4.57 Å². The summed E-state index contributed by atoms with van der Waals surface area (Å²) in [5, 5.41) is 19.5. The summed E-state index contributed by atoms with van der Waals surface area (Å²) in [6.07, 6.45) is -4.84. The fourth-order valence-corrected chi connectivity index (χ4v) is 3.84. The van der Waals surface area contributed by atoms with E-state index in [2.05, 4.69) is 15.0 Å². The van der Waals surface area contributed by atoms with Crippen LogP contribution in [0.15, 0.2) is 6.33 Å². The van der Waals surface area contributed by atoms with Gasteiger partial charge < -0.3 is 25.4 Å². The Morgan fingerprint density at radius 1 is 1.29 bits per heavy atom. The van der Waals surface area contributed by atoms with Gasteiger partial charge in [-0.2, -0.15) is 23.1 Å². The van der Waals surface area contributed by atoms with E-state index < -0.39 is 37.1 Å². The molecule has 12 heteroatoms. The summed E-state index contributed by atoms with van der Waals surface area (Å²) in [7, 11) is 0. The number of halogens is 3. The maximum absolute atomic E-state index is 13.3. The summed E-state index contributed by atoms with van der Waals surface area (Å²) < 4.78 is 52.1. The van der Waals surface area contributed by atoms with E-state index in [9.17, 15) is 23.4 Å². The number of nitrogens with two attached hydrogens (primary N) is 1. The lowest BCUT2D eigenvalue weighted by Gasteiger charge is -2.21. The molecule has 4 N–H and O–H groups in total. The smallest absolute Gasteiger partial charge is 0.397 e. The molecule has 0 aromatic carbocycles. The van der Waals surface area contributed by atoms with E-state index in [4.69, 9.17) is 15.2 Å². The Labute approximate surface area is 157 Å². The standard InChI is InChI=1S/C16H20F3N5O4/c17-16(18,19)9-8(5-25)28-14(11(9)26)24-6-21-10-12(20)22-15(23-13(10)24)27-7-3-1-2-4-7/h6-9,11,14,25-26H,1-5H2,(H2,20,22,23)/t8-,9+,11-,14-/m1/s1. The molecule has 0 unspecified atom stereocenters. The Balaban J connectivity index is 1.69. The van der Waals surface area contributed by atoms with Gasteiger partial charge in [0.05, 0.1) is 19.0 Å². The SMILES string of the molecule is Nc1nc(OC2CCCC2)nc2c1ncn2[C@@H]1O[C@H](CO)[C@H](C(F)(F)F)[C@H]1O. The molecule has 4 atom stereocenters. The van der Waals surface area contributed by atoms with E-state index in [-0.39, 0.29) is 29.1 Å². The largest absolute Gasteiger partial charge is 0.460 e. The van der Waals surface area contributed by atoms with Gasteiger partial charge in [-0.15, -0.1) is 0 Å². The molecule has 0 bridgehead atoms. The third kappa shape index (κ3) is 3.25. The zero-order valence-corrected chi connectivity index (χ0v) is 14.7. The van der Waals surface area contributed by atoms with Gasteiger partial charge in [-0.05, 0) is 25.7 Å². The van der Waals surface area contributed by atoms with Crippen LogP contribution in [0.1, 0.15) is 31.9 Å². The highest BCUT2D eigenvalue weighted by molar-refractivity contribution is 5.82. The summed E-state index contributed by atoms with van der Waals surface area (Å²) in [5.41, 5.74) is 6.14. The molecule has 4 rings (SSSR count). The Morgan fingerprint density at radius 2 is 2.00 bits per heavy atom. The number of hydrogen-bond acceptors (Lipinski definition) is 8. The first-order chi connectivity index (χ1) is 13.3. The lowest BCUT2D eigenvalue weighted by molar-refractivity contribution is -0.205. The number of fused-ring (bicyclic) bond motifs is 1. The molecule has 1 saturated carbocycles. The quantitative estimate of drug-likeness (QED) is 0.694. The normalized spacial score (nSPS) is 29.0. The highest BCUT2D eigenvalue weighted by Gasteiger charge is 2.57. The van der Waals surface area contributed by atoms with Crippen molar-refractivity contribution in [3.8, 4) is 6.01 Å². The first-order valence-corrected chi connectivity index (χ1v) is 8.97. The molecule has 1 aliphatic carbocycles. The van der Waals surface area contributed by atoms with E-state index in [1.165, 1.54) is 6.33 Å². The van der Waals surface area contributed by atoms with Crippen molar-refractivity contribution in [2.45, 2.75) is 56.4 Å². The van der Waals surface area contributed by atoms with Crippen molar-refractivity contribution < 1.29 is 32.9 Å². The second-order valence-electron chi connectivity index (χ2n) is 7.05. The average molecular weight is 403 g/mol. The van der Waals surface area contributed by atoms with E-state index >= 15 is 0 Å². The molecule has 9 nitrogen and oxygen atoms in total. The van der Waals surface area contributed by atoms with Gasteiger partial charge >= 0.3 is 12.2 Å². The first-order valence-electron chi connectivity index (χ1n) is 8.97. The van der Waals surface area contributed by atoms with E-state index in [0.717, 1.165) is 30.3 Å². The van der Waals surface area contributed by atoms with Gasteiger partial charge in [0, 0.05) is 0 Å². The van der Waals surface area contributed by atoms with Crippen LogP contribution in [0.3, 0.4) is 0 Å². The molecule has 154 valence electrons. The predicted octanol–water partition coefficient (Wildman–Crippen LogP) is 1.16. The van der Waals surface area contributed by atoms with Crippen molar-refractivity contribution >= 4 is 17.0 Å². The van der Waals surface area contributed by atoms with Crippen molar-refractivity contribution in [3.63, 3.8) is 0 Å². The molecule has 28 heavy (non-hydrogen) atoms. The molecule has 2 aromatic rings. The lowest BCUT2D eigenvalue weighted by Crippen LogP contribution is -2.39. The van der Waals surface area contributed by atoms with Crippen molar-refractivity contribution in [1.29, 1.82) is 0 Å².